The van der Waals surface area contributed by atoms with Crippen LogP contribution >= 0.6 is 0 Å². The molecule has 0 amide bonds. The molecule has 1 heteroatoms. The van der Waals surface area contributed by atoms with E-state index in [-0.39, 0.29) is 0 Å². The van der Waals surface area contributed by atoms with E-state index in [9.17, 15) is 0 Å². The summed E-state index contributed by atoms with van der Waals surface area (Å²) in [6, 6.07) is 0. The minimum absolute atomic E-state index is 0.340. The van der Waals surface area contributed by atoms with Crippen molar-refractivity contribution in [3.05, 3.63) is 24.0 Å². The number of aliphatic hydroxyl groups excluding tert-OH is 1. The summed E-state index contributed by atoms with van der Waals surface area (Å²) in [5, 5.41) is 8.76. The van der Waals surface area contributed by atoms with Gasteiger partial charge >= 0.3 is 0 Å². The Morgan fingerprint density at radius 2 is 2.25 bits per heavy atom. The highest BCUT2D eigenvalue weighted by Crippen LogP contribution is 1.90. The zero-order valence-corrected chi connectivity index (χ0v) is 5.39. The van der Waals surface area contributed by atoms with Crippen LogP contribution in [0.25, 0.3) is 0 Å². The SMILES string of the molecule is C/C=C(O)\C=C/CC. The van der Waals surface area contributed by atoms with Crippen molar-refractivity contribution >= 4 is 0 Å². The van der Waals surface area contributed by atoms with Gasteiger partial charge in [-0.15, -0.1) is 0 Å². The molecule has 0 saturated carbocycles. The predicted molar refractivity (Wildman–Crippen MR) is 35.8 cm³/mol. The lowest BCUT2D eigenvalue weighted by Crippen LogP contribution is -1.68. The van der Waals surface area contributed by atoms with E-state index in [1.807, 2.05) is 13.0 Å². The summed E-state index contributed by atoms with van der Waals surface area (Å²) in [7, 11) is 0. The van der Waals surface area contributed by atoms with Crippen LogP contribution in [0.1, 0.15) is 20.3 Å². The zero-order valence-electron chi connectivity index (χ0n) is 5.39. The number of hydrogen-bond acceptors (Lipinski definition) is 1. The molecular formula is C7H12O. The summed E-state index contributed by atoms with van der Waals surface area (Å²) >= 11 is 0. The standard InChI is InChI=1S/C7H12O/c1-3-5-6-7(8)4-2/h4-6,8H,3H2,1-2H3/b6-5-,7-4+. The van der Waals surface area contributed by atoms with Crippen molar-refractivity contribution in [2.45, 2.75) is 20.3 Å². The van der Waals surface area contributed by atoms with Crippen molar-refractivity contribution in [3.8, 4) is 0 Å². The summed E-state index contributed by atoms with van der Waals surface area (Å²) in [6.45, 7) is 3.83. The molecule has 0 spiro atoms. The summed E-state index contributed by atoms with van der Waals surface area (Å²) in [5.41, 5.74) is 0. The third-order valence-corrected chi connectivity index (χ3v) is 0.820. The Kier molecular flexibility index (Phi) is 4.04. The van der Waals surface area contributed by atoms with Gasteiger partial charge in [-0.2, -0.15) is 0 Å². The Labute approximate surface area is 50.3 Å². The van der Waals surface area contributed by atoms with Crippen molar-refractivity contribution in [2.24, 2.45) is 0 Å². The highest BCUT2D eigenvalue weighted by atomic mass is 16.3. The van der Waals surface area contributed by atoms with E-state index in [1.54, 1.807) is 19.1 Å². The molecule has 0 heterocycles. The fraction of sp³-hybridized carbons (Fsp3) is 0.429. The molecule has 0 saturated heterocycles. The van der Waals surface area contributed by atoms with Gasteiger partial charge in [0.25, 0.3) is 0 Å². The van der Waals surface area contributed by atoms with Crippen molar-refractivity contribution in [2.75, 3.05) is 0 Å². The van der Waals surface area contributed by atoms with E-state index in [2.05, 4.69) is 0 Å². The van der Waals surface area contributed by atoms with Crippen LogP contribution in [0.3, 0.4) is 0 Å². The fourth-order valence-electron chi connectivity index (χ4n) is 0.335. The summed E-state index contributed by atoms with van der Waals surface area (Å²) in [4.78, 5) is 0. The van der Waals surface area contributed by atoms with Crippen LogP contribution in [0.15, 0.2) is 24.0 Å². The summed E-state index contributed by atoms with van der Waals surface area (Å²) in [5.74, 6) is 0.340. The maximum absolute atomic E-state index is 8.76. The molecule has 1 nitrogen and oxygen atoms in total. The van der Waals surface area contributed by atoms with Crippen LogP contribution in [-0.4, -0.2) is 5.11 Å². The first-order valence-electron chi connectivity index (χ1n) is 2.83. The minimum atomic E-state index is 0.340. The lowest BCUT2D eigenvalue weighted by Gasteiger charge is -1.83. The van der Waals surface area contributed by atoms with Gasteiger partial charge in [0.15, 0.2) is 0 Å². The number of hydrogen-bond donors (Lipinski definition) is 1. The molecule has 0 aromatic carbocycles. The van der Waals surface area contributed by atoms with E-state index < -0.39 is 0 Å². The topological polar surface area (TPSA) is 20.2 Å². The van der Waals surface area contributed by atoms with Crippen LogP contribution in [0.5, 0.6) is 0 Å². The maximum Gasteiger partial charge on any atom is 0.110 e. The first-order valence-corrected chi connectivity index (χ1v) is 2.83. The van der Waals surface area contributed by atoms with E-state index in [1.165, 1.54) is 0 Å². The van der Waals surface area contributed by atoms with E-state index in [0.717, 1.165) is 6.42 Å². The summed E-state index contributed by atoms with van der Waals surface area (Å²) in [6.07, 6.45) is 6.24. The van der Waals surface area contributed by atoms with Crippen molar-refractivity contribution in [3.63, 3.8) is 0 Å². The molecule has 0 fully saturated rings. The van der Waals surface area contributed by atoms with Crippen molar-refractivity contribution in [1.29, 1.82) is 0 Å². The van der Waals surface area contributed by atoms with Gasteiger partial charge in [-0.3, -0.25) is 0 Å². The van der Waals surface area contributed by atoms with Crippen LogP contribution in [0, 0.1) is 0 Å². The number of aliphatic hydroxyl groups is 1. The average molecular weight is 112 g/mol. The molecule has 0 bridgehead atoms. The third kappa shape index (κ3) is 3.47. The molecule has 0 aromatic rings. The van der Waals surface area contributed by atoms with Gasteiger partial charge in [-0.1, -0.05) is 13.0 Å². The molecule has 46 valence electrons. The van der Waals surface area contributed by atoms with Gasteiger partial charge in [0.2, 0.25) is 0 Å². The number of allylic oxidation sites excluding steroid dienone is 3. The van der Waals surface area contributed by atoms with Crippen LogP contribution in [-0.2, 0) is 0 Å². The lowest BCUT2D eigenvalue weighted by molar-refractivity contribution is 0.431. The summed E-state index contributed by atoms with van der Waals surface area (Å²) < 4.78 is 0. The van der Waals surface area contributed by atoms with Gasteiger partial charge in [0, 0.05) is 0 Å². The molecule has 1 N–H and O–H groups in total. The zero-order chi connectivity index (χ0) is 6.41. The fourth-order valence-corrected chi connectivity index (χ4v) is 0.335. The Morgan fingerprint density at radius 1 is 1.62 bits per heavy atom. The molecule has 0 rings (SSSR count). The van der Waals surface area contributed by atoms with E-state index >= 15 is 0 Å². The molecule has 0 atom stereocenters. The Hall–Kier alpha value is -0.720. The van der Waals surface area contributed by atoms with Gasteiger partial charge in [0.05, 0.1) is 0 Å². The van der Waals surface area contributed by atoms with E-state index in [4.69, 9.17) is 5.11 Å². The van der Waals surface area contributed by atoms with Gasteiger partial charge in [-0.05, 0) is 25.5 Å². The molecule has 0 aliphatic rings. The first kappa shape index (κ1) is 7.28. The number of rotatable bonds is 2. The Morgan fingerprint density at radius 3 is 2.62 bits per heavy atom. The van der Waals surface area contributed by atoms with Gasteiger partial charge in [0.1, 0.15) is 5.76 Å². The maximum atomic E-state index is 8.76. The second-order valence-corrected chi connectivity index (χ2v) is 1.52. The highest BCUT2D eigenvalue weighted by Gasteiger charge is 1.75. The second kappa shape index (κ2) is 4.44. The minimum Gasteiger partial charge on any atom is -0.508 e. The molecule has 0 aromatic heterocycles. The van der Waals surface area contributed by atoms with Gasteiger partial charge < -0.3 is 5.11 Å². The lowest BCUT2D eigenvalue weighted by atomic mass is 10.3. The van der Waals surface area contributed by atoms with Crippen molar-refractivity contribution < 1.29 is 5.11 Å². The predicted octanol–water partition coefficient (Wildman–Crippen LogP) is 2.41. The highest BCUT2D eigenvalue weighted by molar-refractivity contribution is 5.08. The van der Waals surface area contributed by atoms with Crippen LogP contribution in [0.2, 0.25) is 0 Å². The smallest absolute Gasteiger partial charge is 0.110 e. The Bertz CT molecular complexity index is 101. The van der Waals surface area contributed by atoms with Gasteiger partial charge in [-0.25, -0.2) is 0 Å². The molecular weight excluding hydrogens is 100 g/mol. The van der Waals surface area contributed by atoms with E-state index in [0.29, 0.717) is 5.76 Å². The normalized spacial score (nSPS) is 13.0. The molecule has 0 radical (unpaired) electrons. The molecule has 0 aliphatic heterocycles. The molecule has 0 aliphatic carbocycles. The second-order valence-electron chi connectivity index (χ2n) is 1.52. The van der Waals surface area contributed by atoms with Crippen LogP contribution < -0.4 is 0 Å². The third-order valence-electron chi connectivity index (χ3n) is 0.820. The van der Waals surface area contributed by atoms with Crippen LogP contribution in [0.4, 0.5) is 0 Å². The monoisotopic (exact) mass is 112 g/mol. The first-order chi connectivity index (χ1) is 3.81. The quantitative estimate of drug-likeness (QED) is 0.429. The van der Waals surface area contributed by atoms with Crippen molar-refractivity contribution in [1.82, 2.24) is 0 Å². The molecule has 8 heavy (non-hydrogen) atoms. The molecule has 0 unspecified atom stereocenters. The Balaban J connectivity index is 3.53. The largest absolute Gasteiger partial charge is 0.508 e. The average Bonchev–Trinajstić information content (AvgIpc) is 1.83.